The Bertz CT molecular complexity index is 612. The van der Waals surface area contributed by atoms with Crippen molar-refractivity contribution in [1.82, 2.24) is 5.32 Å². The molecule has 5 saturated carbocycles. The van der Waals surface area contributed by atoms with E-state index in [0.29, 0.717) is 47.0 Å². The predicted molar refractivity (Wildman–Crippen MR) is 109 cm³/mol. The third-order valence-corrected chi connectivity index (χ3v) is 10.5. The molecule has 11 atom stereocenters. The second kappa shape index (κ2) is 6.42. The molecule has 28 heavy (non-hydrogen) atoms. The van der Waals surface area contributed by atoms with E-state index in [1.807, 2.05) is 0 Å². The van der Waals surface area contributed by atoms with Gasteiger partial charge in [0.2, 0.25) is 0 Å². The Labute approximate surface area is 170 Å². The van der Waals surface area contributed by atoms with Gasteiger partial charge in [-0.3, -0.25) is 0 Å². The molecule has 0 spiro atoms. The Hall–Kier alpha value is -0.160. The minimum absolute atomic E-state index is 0.214. The molecule has 4 nitrogen and oxygen atoms in total. The normalized spacial score (nSPS) is 57.2. The van der Waals surface area contributed by atoms with Crippen molar-refractivity contribution >= 4 is 0 Å². The van der Waals surface area contributed by atoms with Crippen molar-refractivity contribution in [2.75, 3.05) is 6.54 Å². The first-order chi connectivity index (χ1) is 13.6. The molecule has 6 rings (SSSR count). The number of aliphatic hydroxyl groups excluding tert-OH is 2. The maximum absolute atomic E-state index is 11.8. The number of rotatable bonds is 4. The van der Waals surface area contributed by atoms with E-state index >= 15 is 0 Å². The Morgan fingerprint density at radius 1 is 0.893 bits per heavy atom. The smallest absolute Gasteiger partial charge is 0.0607 e. The average molecular weight is 389 g/mol. The molecule has 0 amide bonds. The van der Waals surface area contributed by atoms with Gasteiger partial charge < -0.3 is 21.3 Å². The minimum atomic E-state index is -0.241. The largest absolute Gasteiger partial charge is 0.393 e. The van der Waals surface area contributed by atoms with Gasteiger partial charge in [0.25, 0.3) is 0 Å². The molecule has 5 N–H and O–H groups in total. The van der Waals surface area contributed by atoms with Crippen LogP contribution in [-0.2, 0) is 0 Å². The summed E-state index contributed by atoms with van der Waals surface area (Å²) in [5, 5.41) is 27.1. The molecule has 1 heterocycles. The summed E-state index contributed by atoms with van der Waals surface area (Å²) in [7, 11) is 0. The van der Waals surface area contributed by atoms with Gasteiger partial charge in [0.05, 0.1) is 12.2 Å². The topological polar surface area (TPSA) is 88.4 Å². The summed E-state index contributed by atoms with van der Waals surface area (Å²) in [5.41, 5.74) is 7.60. The first-order valence-corrected chi connectivity index (χ1v) is 12.4. The van der Waals surface area contributed by atoms with Crippen LogP contribution in [0.2, 0.25) is 0 Å². The monoisotopic (exact) mass is 388 g/mol. The molecule has 158 valence electrons. The molecule has 4 heteroatoms. The van der Waals surface area contributed by atoms with E-state index in [-0.39, 0.29) is 30.1 Å². The average Bonchev–Trinajstić information content (AvgIpc) is 3.56. The van der Waals surface area contributed by atoms with Crippen molar-refractivity contribution in [3.8, 4) is 0 Å². The lowest BCUT2D eigenvalue weighted by atomic mass is 9.46. The molecule has 0 aromatic heterocycles. The lowest BCUT2D eigenvalue weighted by Crippen LogP contribution is -2.67. The molecule has 5 aliphatic carbocycles. The highest BCUT2D eigenvalue weighted by atomic mass is 16.3. The van der Waals surface area contributed by atoms with E-state index in [4.69, 9.17) is 5.73 Å². The highest BCUT2D eigenvalue weighted by Crippen LogP contribution is 2.67. The van der Waals surface area contributed by atoms with Gasteiger partial charge in [-0.05, 0) is 91.3 Å². The number of fused-ring (bicyclic) bond motifs is 2. The van der Waals surface area contributed by atoms with Crippen LogP contribution < -0.4 is 11.1 Å². The lowest BCUT2D eigenvalue weighted by Gasteiger charge is -2.62. The van der Waals surface area contributed by atoms with Gasteiger partial charge in [0.1, 0.15) is 0 Å². The Morgan fingerprint density at radius 3 is 1.93 bits per heavy atom. The van der Waals surface area contributed by atoms with Crippen LogP contribution in [0.15, 0.2) is 0 Å². The van der Waals surface area contributed by atoms with E-state index in [2.05, 4.69) is 12.2 Å². The molecule has 0 bridgehead atoms. The van der Waals surface area contributed by atoms with E-state index in [9.17, 15) is 10.2 Å². The molecule has 1 aliphatic heterocycles. The van der Waals surface area contributed by atoms with Crippen molar-refractivity contribution < 1.29 is 10.2 Å². The van der Waals surface area contributed by atoms with E-state index < -0.39 is 0 Å². The fraction of sp³-hybridized carbons (Fsp3) is 1.00. The highest BCUT2D eigenvalue weighted by molar-refractivity contribution is 5.19. The first-order valence-electron chi connectivity index (χ1n) is 12.4. The highest BCUT2D eigenvalue weighted by Gasteiger charge is 2.68. The van der Waals surface area contributed by atoms with E-state index in [1.165, 1.54) is 44.9 Å². The number of hydrogen-bond donors (Lipinski definition) is 4. The molecular weight excluding hydrogens is 348 g/mol. The van der Waals surface area contributed by atoms with E-state index in [0.717, 1.165) is 19.4 Å². The fourth-order valence-corrected chi connectivity index (χ4v) is 8.89. The van der Waals surface area contributed by atoms with Gasteiger partial charge in [0.15, 0.2) is 0 Å². The number of nitrogens with one attached hydrogen (secondary N) is 1. The second-order valence-electron chi connectivity index (χ2n) is 11.6. The van der Waals surface area contributed by atoms with Crippen LogP contribution in [0.3, 0.4) is 0 Å². The summed E-state index contributed by atoms with van der Waals surface area (Å²) < 4.78 is 0. The maximum Gasteiger partial charge on any atom is 0.0607 e. The van der Waals surface area contributed by atoms with Crippen LogP contribution in [0.1, 0.15) is 64.7 Å². The molecule has 0 aromatic carbocycles. The number of aliphatic hydroxyl groups is 2. The molecular formula is C24H40N2O2. The van der Waals surface area contributed by atoms with Crippen molar-refractivity contribution in [2.45, 2.75) is 89.0 Å². The number of nitrogens with two attached hydrogens (primary N) is 1. The van der Waals surface area contributed by atoms with Crippen molar-refractivity contribution in [1.29, 1.82) is 0 Å². The zero-order chi connectivity index (χ0) is 19.2. The van der Waals surface area contributed by atoms with Crippen molar-refractivity contribution in [3.63, 3.8) is 0 Å². The molecule has 11 unspecified atom stereocenters. The standard InChI is InChI=1S/C24H40N2O2/c1-2-24(9-10-24)20-17(15-11-26-15)19-18(16(21(20)25)12-7-8-12)22(27)13-5-3-4-6-14(13)23(19)28/h12-23,26-28H,2-11,25H2,1H3. The first kappa shape index (κ1) is 18.6. The predicted octanol–water partition coefficient (Wildman–Crippen LogP) is 2.52. The zero-order valence-corrected chi connectivity index (χ0v) is 17.5. The second-order valence-corrected chi connectivity index (χ2v) is 11.6. The van der Waals surface area contributed by atoms with Gasteiger partial charge >= 0.3 is 0 Å². The Kier molecular flexibility index (Phi) is 4.26. The van der Waals surface area contributed by atoms with Crippen LogP contribution in [0, 0.1) is 52.8 Å². The van der Waals surface area contributed by atoms with Crippen LogP contribution in [0.5, 0.6) is 0 Å². The summed E-state index contributed by atoms with van der Waals surface area (Å²) in [5.74, 6) is 3.24. The van der Waals surface area contributed by atoms with Crippen LogP contribution >= 0.6 is 0 Å². The summed E-state index contributed by atoms with van der Waals surface area (Å²) >= 11 is 0. The number of hydrogen-bond acceptors (Lipinski definition) is 4. The summed E-state index contributed by atoms with van der Waals surface area (Å²) in [6.45, 7) is 3.44. The summed E-state index contributed by atoms with van der Waals surface area (Å²) in [6.07, 6.45) is 10.6. The molecule has 0 aromatic rings. The van der Waals surface area contributed by atoms with Crippen molar-refractivity contribution in [2.24, 2.45) is 58.5 Å². The van der Waals surface area contributed by atoms with Crippen molar-refractivity contribution in [3.05, 3.63) is 0 Å². The van der Waals surface area contributed by atoms with Gasteiger partial charge in [-0.15, -0.1) is 0 Å². The van der Waals surface area contributed by atoms with Gasteiger partial charge in [0, 0.05) is 18.6 Å². The zero-order valence-electron chi connectivity index (χ0n) is 17.5. The van der Waals surface area contributed by atoms with Crippen LogP contribution in [0.25, 0.3) is 0 Å². The molecule has 6 fully saturated rings. The SMILES string of the molecule is CCC1(C2C(N)C(C3CC3)C3C(O)C4CCCCC4C(O)C3C2C2CN2)CC1. The third-order valence-electron chi connectivity index (χ3n) is 10.5. The summed E-state index contributed by atoms with van der Waals surface area (Å²) in [4.78, 5) is 0. The van der Waals surface area contributed by atoms with Gasteiger partial charge in [-0.1, -0.05) is 26.2 Å². The molecule has 1 saturated heterocycles. The lowest BCUT2D eigenvalue weighted by molar-refractivity contribution is -0.199. The van der Waals surface area contributed by atoms with Gasteiger partial charge in [-0.2, -0.15) is 0 Å². The van der Waals surface area contributed by atoms with E-state index in [1.54, 1.807) is 0 Å². The maximum atomic E-state index is 11.8. The molecule has 0 radical (unpaired) electrons. The fourth-order valence-electron chi connectivity index (χ4n) is 8.89. The Morgan fingerprint density at radius 2 is 1.46 bits per heavy atom. The van der Waals surface area contributed by atoms with Gasteiger partial charge in [-0.25, -0.2) is 0 Å². The van der Waals surface area contributed by atoms with Crippen LogP contribution in [-0.4, -0.2) is 41.0 Å². The quantitative estimate of drug-likeness (QED) is 0.557. The minimum Gasteiger partial charge on any atom is -0.393 e. The summed E-state index contributed by atoms with van der Waals surface area (Å²) in [6, 6.07) is 0.736. The Balaban J connectivity index is 1.44. The van der Waals surface area contributed by atoms with Crippen LogP contribution in [0.4, 0.5) is 0 Å². The molecule has 6 aliphatic rings. The third kappa shape index (κ3) is 2.57.